The van der Waals surface area contributed by atoms with Gasteiger partial charge in [0.05, 0.1) is 6.54 Å². The molecule has 1 saturated heterocycles. The molecule has 150 valence electrons. The van der Waals surface area contributed by atoms with Crippen LogP contribution in [0.2, 0.25) is 0 Å². The topological polar surface area (TPSA) is 77.6 Å². The van der Waals surface area contributed by atoms with Crippen LogP contribution in [0.3, 0.4) is 0 Å². The van der Waals surface area contributed by atoms with Gasteiger partial charge in [0.15, 0.2) is 0 Å². The number of aromatic nitrogens is 1. The lowest BCUT2D eigenvalue weighted by atomic mass is 10.1. The fourth-order valence-electron chi connectivity index (χ4n) is 3.21. The summed E-state index contributed by atoms with van der Waals surface area (Å²) in [6, 6.07) is 11.1. The Bertz CT molecular complexity index is 800. The van der Waals surface area contributed by atoms with Crippen molar-refractivity contribution in [2.45, 2.75) is 6.04 Å². The van der Waals surface area contributed by atoms with Crippen LogP contribution >= 0.6 is 12.4 Å². The number of pyridine rings is 1. The molecule has 28 heavy (non-hydrogen) atoms. The van der Waals surface area contributed by atoms with Crippen molar-refractivity contribution in [1.82, 2.24) is 20.1 Å². The highest BCUT2D eigenvalue weighted by Gasteiger charge is 2.25. The monoisotopic (exact) mass is 403 g/mol. The van der Waals surface area contributed by atoms with Crippen LogP contribution in [0.4, 0.5) is 5.69 Å². The minimum absolute atomic E-state index is 0. The Hall–Kier alpha value is -2.48. The summed E-state index contributed by atoms with van der Waals surface area (Å²) in [7, 11) is 3.41. The molecule has 2 heterocycles. The minimum Gasteiger partial charge on any atom is -0.345 e. The van der Waals surface area contributed by atoms with Gasteiger partial charge in [0.2, 0.25) is 5.91 Å². The molecular formula is C20H26ClN5O2. The second-order valence-corrected chi connectivity index (χ2v) is 6.81. The quantitative estimate of drug-likeness (QED) is 0.795. The molecule has 1 aromatic carbocycles. The second-order valence-electron chi connectivity index (χ2n) is 6.81. The maximum Gasteiger partial charge on any atom is 0.253 e. The Labute approximate surface area is 171 Å². The predicted molar refractivity (Wildman–Crippen MR) is 112 cm³/mol. The fraction of sp³-hybridized carbons (Fsp3) is 0.350. The molecule has 0 aliphatic carbocycles. The van der Waals surface area contributed by atoms with Crippen LogP contribution in [0.15, 0.2) is 48.8 Å². The van der Waals surface area contributed by atoms with Crippen molar-refractivity contribution < 1.29 is 9.59 Å². The number of nitrogens with zero attached hydrogens (tertiary/aromatic N) is 3. The first-order valence-electron chi connectivity index (χ1n) is 9.01. The SMILES string of the molecule is CN(C)C(=O)c1cccc(NC(=O)CN2CCNCC2c2cccnc2)c1.Cl. The van der Waals surface area contributed by atoms with Gasteiger partial charge in [-0.15, -0.1) is 12.4 Å². The van der Waals surface area contributed by atoms with Crippen LogP contribution in [0.25, 0.3) is 0 Å². The summed E-state index contributed by atoms with van der Waals surface area (Å²) in [5, 5.41) is 6.28. The van der Waals surface area contributed by atoms with E-state index >= 15 is 0 Å². The zero-order chi connectivity index (χ0) is 19.2. The number of hydrogen-bond donors (Lipinski definition) is 2. The number of benzene rings is 1. The number of halogens is 1. The Morgan fingerprint density at radius 1 is 1.29 bits per heavy atom. The summed E-state index contributed by atoms with van der Waals surface area (Å²) in [5.74, 6) is -0.190. The third kappa shape index (κ3) is 5.51. The van der Waals surface area contributed by atoms with Gasteiger partial charge in [-0.25, -0.2) is 0 Å². The number of piperazine rings is 1. The fourth-order valence-corrected chi connectivity index (χ4v) is 3.21. The zero-order valence-corrected chi connectivity index (χ0v) is 16.9. The van der Waals surface area contributed by atoms with E-state index in [0.717, 1.165) is 25.2 Å². The van der Waals surface area contributed by atoms with Crippen LogP contribution in [-0.2, 0) is 4.79 Å². The standard InChI is InChI=1S/C20H25N5O2.ClH/c1-24(2)20(27)15-5-3-7-17(11-15)23-19(26)14-25-10-9-22-13-18(25)16-6-4-8-21-12-16;/h3-8,11-12,18,22H,9-10,13-14H2,1-2H3,(H,23,26);1H. The summed E-state index contributed by atoms with van der Waals surface area (Å²) in [4.78, 5) is 32.5. The first kappa shape index (κ1) is 21.8. The molecule has 1 atom stereocenters. The molecule has 1 aliphatic rings. The lowest BCUT2D eigenvalue weighted by molar-refractivity contribution is -0.118. The highest BCUT2D eigenvalue weighted by atomic mass is 35.5. The Kier molecular flexibility index (Phi) is 7.92. The summed E-state index contributed by atoms with van der Waals surface area (Å²) >= 11 is 0. The van der Waals surface area contributed by atoms with E-state index in [4.69, 9.17) is 0 Å². The predicted octanol–water partition coefficient (Wildman–Crippen LogP) is 1.79. The summed E-state index contributed by atoms with van der Waals surface area (Å²) in [5.41, 5.74) is 2.27. The van der Waals surface area contributed by atoms with Crippen LogP contribution in [0, 0.1) is 0 Å². The average molecular weight is 404 g/mol. The molecule has 7 nitrogen and oxygen atoms in total. The number of anilines is 1. The molecule has 1 fully saturated rings. The van der Waals surface area contributed by atoms with Crippen LogP contribution < -0.4 is 10.6 Å². The van der Waals surface area contributed by atoms with E-state index in [1.807, 2.05) is 18.3 Å². The van der Waals surface area contributed by atoms with Gasteiger partial charge in [-0.05, 0) is 29.8 Å². The van der Waals surface area contributed by atoms with E-state index in [1.54, 1.807) is 44.6 Å². The van der Waals surface area contributed by atoms with Gasteiger partial charge in [0, 0.05) is 63.4 Å². The molecule has 3 rings (SSSR count). The Morgan fingerprint density at radius 2 is 2.11 bits per heavy atom. The van der Waals surface area contributed by atoms with Crippen molar-refractivity contribution in [2.24, 2.45) is 0 Å². The van der Waals surface area contributed by atoms with E-state index in [2.05, 4.69) is 20.5 Å². The van der Waals surface area contributed by atoms with Crippen molar-refractivity contribution in [1.29, 1.82) is 0 Å². The first-order chi connectivity index (χ1) is 13.0. The molecule has 8 heteroatoms. The molecule has 1 aromatic heterocycles. The molecule has 0 radical (unpaired) electrons. The van der Waals surface area contributed by atoms with E-state index in [0.29, 0.717) is 11.3 Å². The maximum atomic E-state index is 12.6. The minimum atomic E-state index is -0.0970. The largest absolute Gasteiger partial charge is 0.345 e. The molecule has 2 aromatic rings. The van der Waals surface area contributed by atoms with Crippen molar-refractivity contribution in [3.63, 3.8) is 0 Å². The molecule has 2 amide bonds. The van der Waals surface area contributed by atoms with Crippen molar-refractivity contribution in [2.75, 3.05) is 45.6 Å². The number of rotatable bonds is 5. The number of carbonyl (C=O) groups is 2. The molecule has 2 N–H and O–H groups in total. The zero-order valence-electron chi connectivity index (χ0n) is 16.1. The van der Waals surface area contributed by atoms with Crippen LogP contribution in [0.5, 0.6) is 0 Å². The molecule has 1 aliphatic heterocycles. The first-order valence-corrected chi connectivity index (χ1v) is 9.01. The van der Waals surface area contributed by atoms with Crippen LogP contribution in [-0.4, -0.2) is 66.9 Å². The highest BCUT2D eigenvalue weighted by Crippen LogP contribution is 2.21. The van der Waals surface area contributed by atoms with E-state index in [1.165, 1.54) is 4.90 Å². The van der Waals surface area contributed by atoms with Gasteiger partial charge in [-0.3, -0.25) is 19.5 Å². The summed E-state index contributed by atoms with van der Waals surface area (Å²) in [6.07, 6.45) is 3.59. The van der Waals surface area contributed by atoms with Crippen molar-refractivity contribution >= 4 is 29.9 Å². The lowest BCUT2D eigenvalue weighted by Crippen LogP contribution is -2.48. The smallest absolute Gasteiger partial charge is 0.253 e. The van der Waals surface area contributed by atoms with Gasteiger partial charge >= 0.3 is 0 Å². The maximum absolute atomic E-state index is 12.6. The number of nitrogens with one attached hydrogen (secondary N) is 2. The molecule has 0 spiro atoms. The van der Waals surface area contributed by atoms with E-state index in [9.17, 15) is 9.59 Å². The van der Waals surface area contributed by atoms with Gasteiger partial charge < -0.3 is 15.5 Å². The van der Waals surface area contributed by atoms with Gasteiger partial charge in [0.25, 0.3) is 5.91 Å². The summed E-state index contributed by atoms with van der Waals surface area (Å²) in [6.45, 7) is 2.70. The highest BCUT2D eigenvalue weighted by molar-refractivity contribution is 5.97. The summed E-state index contributed by atoms with van der Waals surface area (Å²) < 4.78 is 0. The van der Waals surface area contributed by atoms with Gasteiger partial charge in [-0.1, -0.05) is 12.1 Å². The van der Waals surface area contributed by atoms with Gasteiger partial charge in [0.1, 0.15) is 0 Å². The van der Waals surface area contributed by atoms with Gasteiger partial charge in [-0.2, -0.15) is 0 Å². The number of amides is 2. The molecule has 1 unspecified atom stereocenters. The third-order valence-corrected chi connectivity index (χ3v) is 4.57. The average Bonchev–Trinajstić information content (AvgIpc) is 2.68. The van der Waals surface area contributed by atoms with Crippen LogP contribution in [0.1, 0.15) is 22.0 Å². The second kappa shape index (κ2) is 10.2. The van der Waals surface area contributed by atoms with E-state index in [-0.39, 0.29) is 36.8 Å². The van der Waals surface area contributed by atoms with Crippen molar-refractivity contribution in [3.05, 3.63) is 59.9 Å². The lowest BCUT2D eigenvalue weighted by Gasteiger charge is -2.35. The molecular weight excluding hydrogens is 378 g/mol. The third-order valence-electron chi connectivity index (χ3n) is 4.57. The Balaban J connectivity index is 0.00000280. The normalized spacial score (nSPS) is 16.7. The number of hydrogen-bond acceptors (Lipinski definition) is 5. The van der Waals surface area contributed by atoms with E-state index < -0.39 is 0 Å². The number of carbonyl (C=O) groups excluding carboxylic acids is 2. The van der Waals surface area contributed by atoms with Crippen molar-refractivity contribution in [3.8, 4) is 0 Å². The molecule has 0 bridgehead atoms. The Morgan fingerprint density at radius 3 is 2.82 bits per heavy atom. The molecule has 0 saturated carbocycles.